The van der Waals surface area contributed by atoms with Crippen LogP contribution in [-0.2, 0) is 0 Å². The van der Waals surface area contributed by atoms with Crippen molar-refractivity contribution in [1.29, 1.82) is 0 Å². The van der Waals surface area contributed by atoms with Crippen LogP contribution in [0.5, 0.6) is 5.75 Å². The van der Waals surface area contributed by atoms with Crippen LogP contribution >= 0.6 is 0 Å². The molecule has 1 aromatic heterocycles. The predicted molar refractivity (Wildman–Crippen MR) is 105 cm³/mol. The first-order chi connectivity index (χ1) is 12.7. The number of benzene rings is 2. The third-order valence-corrected chi connectivity index (χ3v) is 5.15. The molecular formula is C22H24N2O2. The molecule has 1 N–H and O–H groups in total. The van der Waals surface area contributed by atoms with E-state index in [4.69, 9.17) is 4.74 Å². The number of aromatic amines is 1. The molecule has 0 aliphatic carbocycles. The second-order valence-electron chi connectivity index (χ2n) is 7.01. The van der Waals surface area contributed by atoms with Crippen LogP contribution in [0.2, 0.25) is 0 Å². The number of carbonyl (C=O) groups is 1. The summed E-state index contributed by atoms with van der Waals surface area (Å²) >= 11 is 0. The Morgan fingerprint density at radius 1 is 1.04 bits per heavy atom. The molecule has 1 amide bonds. The Bertz CT molecular complexity index is 952. The number of rotatable bonds is 3. The van der Waals surface area contributed by atoms with Gasteiger partial charge in [0.05, 0.1) is 7.11 Å². The van der Waals surface area contributed by atoms with Gasteiger partial charge < -0.3 is 14.6 Å². The van der Waals surface area contributed by atoms with E-state index < -0.39 is 0 Å². The summed E-state index contributed by atoms with van der Waals surface area (Å²) < 4.78 is 5.55. The van der Waals surface area contributed by atoms with Crippen LogP contribution in [0.4, 0.5) is 0 Å². The second kappa shape index (κ2) is 6.87. The van der Waals surface area contributed by atoms with E-state index in [9.17, 15) is 4.79 Å². The first-order valence-corrected chi connectivity index (χ1v) is 9.23. The summed E-state index contributed by atoms with van der Waals surface area (Å²) in [6.07, 6.45) is 3.41. The fourth-order valence-electron chi connectivity index (χ4n) is 3.85. The molecule has 2 heterocycles. The SMILES string of the molecule is COc1ccccc1-c1cc(C)cc2[nH]c(C(=O)N3CCCCC3)cc12. The van der Waals surface area contributed by atoms with E-state index in [0.717, 1.165) is 59.3 Å². The van der Waals surface area contributed by atoms with Crippen molar-refractivity contribution in [3.63, 3.8) is 0 Å². The summed E-state index contributed by atoms with van der Waals surface area (Å²) in [6.45, 7) is 3.78. The highest BCUT2D eigenvalue weighted by molar-refractivity contribution is 6.03. The Morgan fingerprint density at radius 2 is 1.81 bits per heavy atom. The lowest BCUT2D eigenvalue weighted by Gasteiger charge is -2.26. The number of nitrogens with one attached hydrogen (secondary N) is 1. The van der Waals surface area contributed by atoms with Gasteiger partial charge in [0, 0.05) is 29.6 Å². The molecule has 4 nitrogen and oxygen atoms in total. The maximum atomic E-state index is 12.9. The van der Waals surface area contributed by atoms with E-state index >= 15 is 0 Å². The van der Waals surface area contributed by atoms with Crippen molar-refractivity contribution in [2.75, 3.05) is 20.2 Å². The average molecular weight is 348 g/mol. The number of likely N-dealkylation sites (tertiary alicyclic amines) is 1. The van der Waals surface area contributed by atoms with Gasteiger partial charge in [-0.15, -0.1) is 0 Å². The van der Waals surface area contributed by atoms with Crippen LogP contribution < -0.4 is 4.74 Å². The molecule has 0 atom stereocenters. The standard InChI is InChI=1S/C22H24N2O2/c1-15-12-17(16-8-4-5-9-21(16)26-2)18-14-20(23-19(18)13-15)22(25)24-10-6-3-7-11-24/h4-5,8-9,12-14,23H,3,6-7,10-11H2,1-2H3. The Labute approximate surface area is 153 Å². The highest BCUT2D eigenvalue weighted by Gasteiger charge is 2.21. The smallest absolute Gasteiger partial charge is 0.270 e. The number of para-hydroxylation sites is 1. The van der Waals surface area contributed by atoms with Crippen molar-refractivity contribution < 1.29 is 9.53 Å². The molecule has 0 saturated carbocycles. The lowest BCUT2D eigenvalue weighted by molar-refractivity contribution is 0.0719. The van der Waals surface area contributed by atoms with Gasteiger partial charge in [-0.05, 0) is 55.5 Å². The van der Waals surface area contributed by atoms with Crippen LogP contribution in [0.1, 0.15) is 35.3 Å². The molecule has 26 heavy (non-hydrogen) atoms. The van der Waals surface area contributed by atoms with E-state index in [1.807, 2.05) is 29.2 Å². The molecule has 1 aliphatic rings. The highest BCUT2D eigenvalue weighted by Crippen LogP contribution is 2.36. The Kier molecular flexibility index (Phi) is 4.41. The Morgan fingerprint density at radius 3 is 2.58 bits per heavy atom. The van der Waals surface area contributed by atoms with Gasteiger partial charge in [0.15, 0.2) is 0 Å². The first-order valence-electron chi connectivity index (χ1n) is 9.23. The predicted octanol–water partition coefficient (Wildman–Crippen LogP) is 4.78. The quantitative estimate of drug-likeness (QED) is 0.740. The van der Waals surface area contributed by atoms with Gasteiger partial charge in [-0.25, -0.2) is 0 Å². The summed E-state index contributed by atoms with van der Waals surface area (Å²) in [4.78, 5) is 18.2. The van der Waals surface area contributed by atoms with Crippen LogP contribution in [0.3, 0.4) is 0 Å². The molecule has 2 aromatic carbocycles. The minimum Gasteiger partial charge on any atom is -0.496 e. The number of methoxy groups -OCH3 is 1. The zero-order chi connectivity index (χ0) is 18.1. The molecule has 1 saturated heterocycles. The van der Waals surface area contributed by atoms with E-state index in [1.165, 1.54) is 6.42 Å². The number of H-pyrrole nitrogens is 1. The van der Waals surface area contributed by atoms with Gasteiger partial charge >= 0.3 is 0 Å². The number of amides is 1. The van der Waals surface area contributed by atoms with Crippen molar-refractivity contribution in [2.24, 2.45) is 0 Å². The molecule has 0 unspecified atom stereocenters. The number of aromatic nitrogens is 1. The largest absolute Gasteiger partial charge is 0.496 e. The number of fused-ring (bicyclic) bond motifs is 1. The van der Waals surface area contributed by atoms with Crippen molar-refractivity contribution >= 4 is 16.8 Å². The first kappa shape index (κ1) is 16.7. The normalized spacial score (nSPS) is 14.6. The number of hydrogen-bond acceptors (Lipinski definition) is 2. The van der Waals surface area contributed by atoms with Gasteiger partial charge in [-0.2, -0.15) is 0 Å². The highest BCUT2D eigenvalue weighted by atomic mass is 16.5. The molecule has 1 aliphatic heterocycles. The van der Waals surface area contributed by atoms with Gasteiger partial charge in [-0.3, -0.25) is 4.79 Å². The third-order valence-electron chi connectivity index (χ3n) is 5.15. The number of ether oxygens (including phenoxy) is 1. The fraction of sp³-hybridized carbons (Fsp3) is 0.318. The van der Waals surface area contributed by atoms with E-state index in [2.05, 4.69) is 30.1 Å². The lowest BCUT2D eigenvalue weighted by Crippen LogP contribution is -2.35. The fourth-order valence-corrected chi connectivity index (χ4v) is 3.85. The maximum Gasteiger partial charge on any atom is 0.270 e. The molecule has 0 radical (unpaired) electrons. The molecule has 0 spiro atoms. The van der Waals surface area contributed by atoms with E-state index in [1.54, 1.807) is 7.11 Å². The van der Waals surface area contributed by atoms with Gasteiger partial charge in [0.2, 0.25) is 0 Å². The number of aryl methyl sites for hydroxylation is 1. The van der Waals surface area contributed by atoms with Crippen LogP contribution in [0.25, 0.3) is 22.0 Å². The summed E-state index contributed by atoms with van der Waals surface area (Å²) in [5.74, 6) is 0.939. The monoisotopic (exact) mass is 348 g/mol. The molecule has 4 heteroatoms. The molecule has 0 bridgehead atoms. The third kappa shape index (κ3) is 2.96. The topological polar surface area (TPSA) is 45.3 Å². The molecule has 4 rings (SSSR count). The number of nitrogens with zero attached hydrogens (tertiary/aromatic N) is 1. The Balaban J connectivity index is 1.82. The second-order valence-corrected chi connectivity index (χ2v) is 7.01. The van der Waals surface area contributed by atoms with Crippen LogP contribution in [-0.4, -0.2) is 36.0 Å². The molecular weight excluding hydrogens is 324 g/mol. The van der Waals surface area contributed by atoms with E-state index in [-0.39, 0.29) is 5.91 Å². The molecule has 134 valence electrons. The van der Waals surface area contributed by atoms with Crippen molar-refractivity contribution in [2.45, 2.75) is 26.2 Å². The number of carbonyl (C=O) groups excluding carboxylic acids is 1. The number of piperidine rings is 1. The summed E-state index contributed by atoms with van der Waals surface area (Å²) in [7, 11) is 1.69. The summed E-state index contributed by atoms with van der Waals surface area (Å²) in [6, 6.07) is 14.3. The zero-order valence-corrected chi connectivity index (χ0v) is 15.3. The summed E-state index contributed by atoms with van der Waals surface area (Å²) in [5, 5.41) is 1.06. The minimum atomic E-state index is 0.101. The van der Waals surface area contributed by atoms with Crippen LogP contribution in [0.15, 0.2) is 42.5 Å². The zero-order valence-electron chi connectivity index (χ0n) is 15.3. The Hall–Kier alpha value is -2.75. The molecule has 1 fully saturated rings. The van der Waals surface area contributed by atoms with E-state index in [0.29, 0.717) is 5.69 Å². The van der Waals surface area contributed by atoms with Crippen molar-refractivity contribution in [3.05, 3.63) is 53.7 Å². The lowest BCUT2D eigenvalue weighted by atomic mass is 9.98. The van der Waals surface area contributed by atoms with Crippen LogP contribution in [0, 0.1) is 6.92 Å². The van der Waals surface area contributed by atoms with Crippen molar-refractivity contribution in [3.8, 4) is 16.9 Å². The van der Waals surface area contributed by atoms with Gasteiger partial charge in [0.25, 0.3) is 5.91 Å². The maximum absolute atomic E-state index is 12.9. The van der Waals surface area contributed by atoms with Crippen molar-refractivity contribution in [1.82, 2.24) is 9.88 Å². The van der Waals surface area contributed by atoms with Gasteiger partial charge in [0.1, 0.15) is 11.4 Å². The summed E-state index contributed by atoms with van der Waals surface area (Å²) in [5.41, 5.74) is 4.94. The van der Waals surface area contributed by atoms with Gasteiger partial charge in [-0.1, -0.05) is 24.3 Å². The number of hydrogen-bond donors (Lipinski definition) is 1. The minimum absolute atomic E-state index is 0.101. The average Bonchev–Trinajstić information content (AvgIpc) is 3.11. The molecule has 3 aromatic rings.